The summed E-state index contributed by atoms with van der Waals surface area (Å²) in [5, 5.41) is 0. The highest BCUT2D eigenvalue weighted by Crippen LogP contribution is 2.23. The fourth-order valence-electron chi connectivity index (χ4n) is 1.86. The Balaban J connectivity index is 2.37. The second-order valence-electron chi connectivity index (χ2n) is 4.05. The summed E-state index contributed by atoms with van der Waals surface area (Å²) in [4.78, 5) is 27.5. The van der Waals surface area contributed by atoms with E-state index in [2.05, 4.69) is 4.98 Å². The molecule has 0 aliphatic heterocycles. The first kappa shape index (κ1) is 12.9. The molecule has 5 nitrogen and oxygen atoms in total. The number of pyridine rings is 1. The highest BCUT2D eigenvalue weighted by molar-refractivity contribution is 6.07. The van der Waals surface area contributed by atoms with E-state index in [4.69, 9.17) is 5.73 Å². The zero-order chi connectivity index (χ0) is 13.8. The molecule has 0 saturated heterocycles. The zero-order valence-electron chi connectivity index (χ0n) is 10.6. The summed E-state index contributed by atoms with van der Waals surface area (Å²) in [7, 11) is 0. The number of H-pyrrole nitrogens is 1. The average molecular weight is 257 g/mol. The Morgan fingerprint density at radius 2 is 2.00 bits per heavy atom. The van der Waals surface area contributed by atoms with Gasteiger partial charge in [0.2, 0.25) is 5.56 Å². The first-order valence-electron chi connectivity index (χ1n) is 5.98. The van der Waals surface area contributed by atoms with E-state index in [-0.39, 0.29) is 11.5 Å². The maximum absolute atomic E-state index is 12.4. The van der Waals surface area contributed by atoms with Gasteiger partial charge in [0, 0.05) is 18.8 Å². The summed E-state index contributed by atoms with van der Waals surface area (Å²) in [6.07, 6.45) is 1.41. The Morgan fingerprint density at radius 1 is 1.26 bits per heavy atom. The van der Waals surface area contributed by atoms with Crippen molar-refractivity contribution in [2.75, 3.05) is 17.2 Å². The Hall–Kier alpha value is -2.56. The standard InChI is InChI=1S/C14H15N3O2/c1-2-17(12-6-4-3-5-11(12)15)14(19)10-7-8-13(18)16-9-10/h3-9H,2,15H2,1H3,(H,16,18). The van der Waals surface area contributed by atoms with E-state index >= 15 is 0 Å². The monoisotopic (exact) mass is 257 g/mol. The van der Waals surface area contributed by atoms with Crippen molar-refractivity contribution < 1.29 is 4.79 Å². The first-order valence-corrected chi connectivity index (χ1v) is 5.98. The number of nitrogens with two attached hydrogens (primary N) is 1. The minimum Gasteiger partial charge on any atom is -0.397 e. The van der Waals surface area contributed by atoms with Gasteiger partial charge in [-0.3, -0.25) is 9.59 Å². The fraction of sp³-hybridized carbons (Fsp3) is 0.143. The summed E-state index contributed by atoms with van der Waals surface area (Å²) in [5.74, 6) is -0.198. The summed E-state index contributed by atoms with van der Waals surface area (Å²) in [6.45, 7) is 2.36. The Kier molecular flexibility index (Phi) is 3.66. The molecule has 0 atom stereocenters. The maximum Gasteiger partial charge on any atom is 0.259 e. The van der Waals surface area contributed by atoms with Gasteiger partial charge >= 0.3 is 0 Å². The highest BCUT2D eigenvalue weighted by atomic mass is 16.2. The van der Waals surface area contributed by atoms with Gasteiger partial charge < -0.3 is 15.6 Å². The van der Waals surface area contributed by atoms with Crippen molar-refractivity contribution in [2.24, 2.45) is 0 Å². The molecular weight excluding hydrogens is 242 g/mol. The predicted molar refractivity (Wildman–Crippen MR) is 75.3 cm³/mol. The Morgan fingerprint density at radius 3 is 2.58 bits per heavy atom. The van der Waals surface area contributed by atoms with Crippen LogP contribution in [0.4, 0.5) is 11.4 Å². The number of anilines is 2. The van der Waals surface area contributed by atoms with Gasteiger partial charge in [0.05, 0.1) is 16.9 Å². The summed E-state index contributed by atoms with van der Waals surface area (Å²) in [5.41, 5.74) is 7.28. The SMILES string of the molecule is CCN(C(=O)c1ccc(=O)[nH]c1)c1ccccc1N. The van der Waals surface area contributed by atoms with Crippen LogP contribution < -0.4 is 16.2 Å². The minimum atomic E-state index is -0.237. The molecule has 1 heterocycles. The lowest BCUT2D eigenvalue weighted by atomic mass is 10.2. The van der Waals surface area contributed by atoms with E-state index in [1.165, 1.54) is 18.3 Å². The van der Waals surface area contributed by atoms with Crippen molar-refractivity contribution in [1.82, 2.24) is 4.98 Å². The quantitative estimate of drug-likeness (QED) is 0.820. The highest BCUT2D eigenvalue weighted by Gasteiger charge is 2.17. The smallest absolute Gasteiger partial charge is 0.259 e. The van der Waals surface area contributed by atoms with E-state index in [9.17, 15) is 9.59 Å². The molecule has 0 bridgehead atoms. The second-order valence-corrected chi connectivity index (χ2v) is 4.05. The largest absolute Gasteiger partial charge is 0.397 e. The number of nitrogens with one attached hydrogen (secondary N) is 1. The fourth-order valence-corrected chi connectivity index (χ4v) is 1.86. The molecular formula is C14H15N3O2. The molecule has 0 saturated carbocycles. The third-order valence-corrected chi connectivity index (χ3v) is 2.82. The number of rotatable bonds is 3. The third-order valence-electron chi connectivity index (χ3n) is 2.82. The number of hydrogen-bond donors (Lipinski definition) is 2. The molecule has 98 valence electrons. The molecule has 0 spiro atoms. The molecule has 3 N–H and O–H groups in total. The van der Waals surface area contributed by atoms with Gasteiger partial charge in [-0.15, -0.1) is 0 Å². The molecule has 19 heavy (non-hydrogen) atoms. The number of nitrogens with zero attached hydrogens (tertiary/aromatic N) is 1. The number of amides is 1. The van der Waals surface area contributed by atoms with Crippen LogP contribution in [-0.2, 0) is 0 Å². The molecule has 1 aromatic carbocycles. The molecule has 2 rings (SSSR count). The lowest BCUT2D eigenvalue weighted by molar-refractivity contribution is 0.0988. The van der Waals surface area contributed by atoms with Crippen molar-refractivity contribution in [3.63, 3.8) is 0 Å². The minimum absolute atomic E-state index is 0.198. The molecule has 0 aliphatic rings. The van der Waals surface area contributed by atoms with Crippen molar-refractivity contribution in [3.8, 4) is 0 Å². The van der Waals surface area contributed by atoms with Crippen LogP contribution in [-0.4, -0.2) is 17.4 Å². The van der Waals surface area contributed by atoms with Crippen LogP contribution in [0.2, 0.25) is 0 Å². The molecule has 5 heteroatoms. The van der Waals surface area contributed by atoms with Crippen molar-refractivity contribution >= 4 is 17.3 Å². The predicted octanol–water partition coefficient (Wildman–Crippen LogP) is 1.62. The Labute approximate surface area is 110 Å². The number of hydrogen-bond acceptors (Lipinski definition) is 3. The summed E-state index contributed by atoms with van der Waals surface area (Å²) in [6, 6.07) is 10.0. The van der Waals surface area contributed by atoms with Gasteiger partial charge in [-0.1, -0.05) is 12.1 Å². The van der Waals surface area contributed by atoms with Crippen LogP contribution >= 0.6 is 0 Å². The van der Waals surface area contributed by atoms with E-state index in [0.717, 1.165) is 0 Å². The van der Waals surface area contributed by atoms with Crippen molar-refractivity contribution in [3.05, 3.63) is 58.5 Å². The topological polar surface area (TPSA) is 79.2 Å². The van der Waals surface area contributed by atoms with Gasteiger partial charge in [-0.25, -0.2) is 0 Å². The van der Waals surface area contributed by atoms with Crippen LogP contribution in [0.15, 0.2) is 47.4 Å². The molecule has 2 aromatic rings. The zero-order valence-corrected chi connectivity index (χ0v) is 10.6. The van der Waals surface area contributed by atoms with Crippen LogP contribution in [0.1, 0.15) is 17.3 Å². The van der Waals surface area contributed by atoms with E-state index in [0.29, 0.717) is 23.5 Å². The number of carbonyl (C=O) groups excluding carboxylic acids is 1. The van der Waals surface area contributed by atoms with Gasteiger partial charge in [0.25, 0.3) is 5.91 Å². The molecule has 0 unspecified atom stereocenters. The van der Waals surface area contributed by atoms with E-state index in [1.54, 1.807) is 17.0 Å². The van der Waals surface area contributed by atoms with E-state index in [1.807, 2.05) is 19.1 Å². The molecule has 1 amide bonds. The van der Waals surface area contributed by atoms with E-state index < -0.39 is 0 Å². The summed E-state index contributed by atoms with van der Waals surface area (Å²) < 4.78 is 0. The number of para-hydroxylation sites is 2. The van der Waals surface area contributed by atoms with Crippen molar-refractivity contribution in [1.29, 1.82) is 0 Å². The number of aromatic amines is 1. The van der Waals surface area contributed by atoms with Crippen LogP contribution in [0, 0.1) is 0 Å². The van der Waals surface area contributed by atoms with Gasteiger partial charge in [-0.05, 0) is 25.1 Å². The van der Waals surface area contributed by atoms with Gasteiger partial charge in [0.1, 0.15) is 0 Å². The third kappa shape index (κ3) is 2.65. The van der Waals surface area contributed by atoms with Crippen LogP contribution in [0.3, 0.4) is 0 Å². The molecule has 1 aromatic heterocycles. The summed E-state index contributed by atoms with van der Waals surface area (Å²) >= 11 is 0. The average Bonchev–Trinajstić information content (AvgIpc) is 2.42. The number of carbonyl (C=O) groups is 1. The molecule has 0 fully saturated rings. The van der Waals surface area contributed by atoms with Gasteiger partial charge in [0.15, 0.2) is 0 Å². The number of nitrogen functional groups attached to an aromatic ring is 1. The maximum atomic E-state index is 12.4. The molecule has 0 radical (unpaired) electrons. The Bertz CT molecular complexity index is 629. The number of aromatic nitrogens is 1. The first-order chi connectivity index (χ1) is 9.13. The normalized spacial score (nSPS) is 10.2. The van der Waals surface area contributed by atoms with Crippen LogP contribution in [0.5, 0.6) is 0 Å². The lowest BCUT2D eigenvalue weighted by Crippen LogP contribution is -2.31. The van der Waals surface area contributed by atoms with Crippen LogP contribution in [0.25, 0.3) is 0 Å². The van der Waals surface area contributed by atoms with Crippen molar-refractivity contribution in [2.45, 2.75) is 6.92 Å². The lowest BCUT2D eigenvalue weighted by Gasteiger charge is -2.22. The second kappa shape index (κ2) is 5.39. The molecule has 0 aliphatic carbocycles. The van der Waals surface area contributed by atoms with Gasteiger partial charge in [-0.2, -0.15) is 0 Å². The number of benzene rings is 1.